The SMILES string of the molecule is Cc1oc(-c2ccccc2)nc1CCc1ccc(CCCC2NC(=O)OC2=O)cc1. The minimum absolute atomic E-state index is 0.478. The minimum Gasteiger partial charge on any atom is -0.441 e. The van der Waals surface area contributed by atoms with Crippen LogP contribution in [-0.2, 0) is 28.8 Å². The van der Waals surface area contributed by atoms with Crippen LogP contribution in [0.25, 0.3) is 11.5 Å². The lowest BCUT2D eigenvalue weighted by atomic mass is 10.0. The maximum atomic E-state index is 11.4. The van der Waals surface area contributed by atoms with Crippen molar-refractivity contribution in [2.75, 3.05) is 0 Å². The Bertz CT molecular complexity index is 1030. The minimum atomic E-state index is -0.646. The molecule has 30 heavy (non-hydrogen) atoms. The van der Waals surface area contributed by atoms with Crippen molar-refractivity contribution in [1.82, 2.24) is 10.3 Å². The molecule has 0 saturated carbocycles. The number of hydrogen-bond acceptors (Lipinski definition) is 5. The van der Waals surface area contributed by atoms with E-state index in [4.69, 9.17) is 4.42 Å². The summed E-state index contributed by atoms with van der Waals surface area (Å²) in [5.41, 5.74) is 4.43. The Hall–Kier alpha value is -3.41. The molecule has 0 aliphatic carbocycles. The molecule has 4 rings (SSSR count). The van der Waals surface area contributed by atoms with Crippen LogP contribution in [0.3, 0.4) is 0 Å². The monoisotopic (exact) mass is 404 g/mol. The van der Waals surface area contributed by atoms with Crippen LogP contribution < -0.4 is 5.32 Å². The van der Waals surface area contributed by atoms with Gasteiger partial charge < -0.3 is 14.5 Å². The highest BCUT2D eigenvalue weighted by molar-refractivity contribution is 5.95. The van der Waals surface area contributed by atoms with Crippen LogP contribution in [0.1, 0.15) is 35.4 Å². The second-order valence-electron chi connectivity index (χ2n) is 7.50. The van der Waals surface area contributed by atoms with Crippen LogP contribution >= 0.6 is 0 Å². The van der Waals surface area contributed by atoms with Crippen molar-refractivity contribution in [3.63, 3.8) is 0 Å². The molecular formula is C24H24N2O4. The zero-order chi connectivity index (χ0) is 20.9. The van der Waals surface area contributed by atoms with Crippen LogP contribution in [-0.4, -0.2) is 23.1 Å². The number of esters is 1. The zero-order valence-corrected chi connectivity index (χ0v) is 16.9. The predicted octanol–water partition coefficient (Wildman–Crippen LogP) is 4.39. The summed E-state index contributed by atoms with van der Waals surface area (Å²) in [6, 6.07) is 17.9. The summed E-state index contributed by atoms with van der Waals surface area (Å²) in [7, 11) is 0. The van der Waals surface area contributed by atoms with Gasteiger partial charge in [0.15, 0.2) is 0 Å². The van der Waals surface area contributed by atoms with Crippen molar-refractivity contribution in [3.8, 4) is 11.5 Å². The molecule has 1 fully saturated rings. The third kappa shape index (κ3) is 4.76. The number of nitrogens with zero attached hydrogens (tertiary/aromatic N) is 1. The third-order valence-electron chi connectivity index (χ3n) is 5.31. The second kappa shape index (κ2) is 8.95. The quantitative estimate of drug-likeness (QED) is 0.445. The predicted molar refractivity (Wildman–Crippen MR) is 112 cm³/mol. The molecule has 154 valence electrons. The van der Waals surface area contributed by atoms with E-state index < -0.39 is 18.1 Å². The summed E-state index contributed by atoms with van der Waals surface area (Å²) in [6.45, 7) is 1.96. The summed E-state index contributed by atoms with van der Waals surface area (Å²) >= 11 is 0. The lowest BCUT2D eigenvalue weighted by Gasteiger charge is -2.06. The molecule has 1 unspecified atom stereocenters. The molecule has 1 aliphatic heterocycles. The molecule has 0 spiro atoms. The van der Waals surface area contributed by atoms with Gasteiger partial charge in [-0.3, -0.25) is 0 Å². The highest BCUT2D eigenvalue weighted by atomic mass is 16.6. The van der Waals surface area contributed by atoms with E-state index in [0.29, 0.717) is 12.3 Å². The fraction of sp³-hybridized carbons (Fsp3) is 0.292. The van der Waals surface area contributed by atoms with Gasteiger partial charge in [0.05, 0.1) is 5.69 Å². The van der Waals surface area contributed by atoms with Gasteiger partial charge in [0.25, 0.3) is 0 Å². The lowest BCUT2D eigenvalue weighted by molar-refractivity contribution is -0.135. The molecule has 6 nitrogen and oxygen atoms in total. The summed E-state index contributed by atoms with van der Waals surface area (Å²) < 4.78 is 10.3. The number of nitrogens with one attached hydrogen (secondary N) is 1. The average Bonchev–Trinajstić information content (AvgIpc) is 3.29. The highest BCUT2D eigenvalue weighted by Gasteiger charge is 2.31. The van der Waals surface area contributed by atoms with Gasteiger partial charge in [-0.05, 0) is 62.3 Å². The van der Waals surface area contributed by atoms with Crippen molar-refractivity contribution < 1.29 is 18.7 Å². The maximum Gasteiger partial charge on any atom is 0.415 e. The largest absolute Gasteiger partial charge is 0.441 e. The van der Waals surface area contributed by atoms with Crippen LogP contribution in [0, 0.1) is 6.92 Å². The van der Waals surface area contributed by atoms with Gasteiger partial charge in [0.2, 0.25) is 5.89 Å². The van der Waals surface area contributed by atoms with Gasteiger partial charge in [0, 0.05) is 5.56 Å². The van der Waals surface area contributed by atoms with Crippen molar-refractivity contribution in [1.29, 1.82) is 0 Å². The molecule has 1 aromatic heterocycles. The smallest absolute Gasteiger partial charge is 0.415 e. The van der Waals surface area contributed by atoms with E-state index in [0.717, 1.165) is 42.7 Å². The topological polar surface area (TPSA) is 81.4 Å². The lowest BCUT2D eigenvalue weighted by Crippen LogP contribution is -2.28. The Balaban J connectivity index is 1.27. The number of rotatable bonds is 8. The van der Waals surface area contributed by atoms with Gasteiger partial charge in [-0.2, -0.15) is 0 Å². The van der Waals surface area contributed by atoms with E-state index in [2.05, 4.69) is 39.3 Å². The number of oxazole rings is 1. The number of alkyl carbamates (subject to hydrolysis) is 1. The number of aryl methyl sites for hydroxylation is 4. The number of amides is 1. The van der Waals surface area contributed by atoms with Crippen molar-refractivity contribution in [2.24, 2.45) is 0 Å². The fourth-order valence-electron chi connectivity index (χ4n) is 3.59. The first-order chi connectivity index (χ1) is 14.6. The van der Waals surface area contributed by atoms with Crippen molar-refractivity contribution >= 4 is 12.1 Å². The Morgan fingerprint density at radius 1 is 0.933 bits per heavy atom. The maximum absolute atomic E-state index is 11.4. The van der Waals surface area contributed by atoms with E-state index in [1.807, 2.05) is 37.3 Å². The number of hydrogen-bond donors (Lipinski definition) is 1. The fourth-order valence-corrected chi connectivity index (χ4v) is 3.59. The Kier molecular flexibility index (Phi) is 5.93. The number of cyclic esters (lactones) is 2. The molecule has 0 bridgehead atoms. The second-order valence-corrected chi connectivity index (χ2v) is 7.50. The van der Waals surface area contributed by atoms with Gasteiger partial charge in [-0.25, -0.2) is 14.6 Å². The Labute approximate surface area is 175 Å². The van der Waals surface area contributed by atoms with Crippen molar-refractivity contribution in [2.45, 2.75) is 45.1 Å². The van der Waals surface area contributed by atoms with Gasteiger partial charge in [-0.1, -0.05) is 42.5 Å². The number of carbonyl (C=O) groups is 2. The first-order valence-corrected chi connectivity index (χ1v) is 10.2. The third-order valence-corrected chi connectivity index (χ3v) is 5.31. The van der Waals surface area contributed by atoms with Crippen LogP contribution in [0.2, 0.25) is 0 Å². The molecule has 2 aromatic carbocycles. The Morgan fingerprint density at radius 3 is 2.30 bits per heavy atom. The number of benzene rings is 2. The standard InChI is InChI=1S/C24H24N2O4/c1-16-20(25-22(29-16)19-7-3-2-4-8-19)15-14-18-12-10-17(11-13-18)6-5-9-21-23(27)30-24(28)26-21/h2-4,7-8,10-13,21H,5-6,9,14-15H2,1H3,(H,26,28). The number of ether oxygens (including phenoxy) is 1. The summed E-state index contributed by atoms with van der Waals surface area (Å²) in [5, 5.41) is 2.52. The van der Waals surface area contributed by atoms with Gasteiger partial charge in [-0.15, -0.1) is 0 Å². The number of carbonyl (C=O) groups excluding carboxylic acids is 2. The first kappa shape index (κ1) is 19.9. The molecular weight excluding hydrogens is 380 g/mol. The van der Waals surface area contributed by atoms with E-state index in [1.54, 1.807) is 0 Å². The molecule has 1 atom stereocenters. The van der Waals surface area contributed by atoms with Crippen LogP contribution in [0.4, 0.5) is 4.79 Å². The highest BCUT2D eigenvalue weighted by Crippen LogP contribution is 2.22. The molecule has 1 amide bonds. The summed E-state index contributed by atoms with van der Waals surface area (Å²) in [5.74, 6) is 1.05. The zero-order valence-electron chi connectivity index (χ0n) is 16.9. The molecule has 3 aromatic rings. The van der Waals surface area contributed by atoms with Gasteiger partial charge in [0.1, 0.15) is 11.8 Å². The molecule has 6 heteroatoms. The van der Waals surface area contributed by atoms with Crippen LogP contribution in [0.15, 0.2) is 59.0 Å². The van der Waals surface area contributed by atoms with Gasteiger partial charge >= 0.3 is 12.1 Å². The molecule has 0 radical (unpaired) electrons. The molecule has 1 aliphatic rings. The molecule has 2 heterocycles. The van der Waals surface area contributed by atoms with E-state index in [-0.39, 0.29) is 0 Å². The summed E-state index contributed by atoms with van der Waals surface area (Å²) in [4.78, 5) is 27.1. The Morgan fingerprint density at radius 2 is 1.63 bits per heavy atom. The van der Waals surface area contributed by atoms with Crippen molar-refractivity contribution in [3.05, 3.63) is 77.2 Å². The van der Waals surface area contributed by atoms with E-state index in [9.17, 15) is 9.59 Å². The summed E-state index contributed by atoms with van der Waals surface area (Å²) in [6.07, 6.45) is 3.31. The first-order valence-electron chi connectivity index (χ1n) is 10.2. The van der Waals surface area contributed by atoms with E-state index in [1.165, 1.54) is 11.1 Å². The average molecular weight is 404 g/mol. The molecule has 1 saturated heterocycles. The number of aromatic nitrogens is 1. The van der Waals surface area contributed by atoms with Crippen LogP contribution in [0.5, 0.6) is 0 Å². The van der Waals surface area contributed by atoms with E-state index >= 15 is 0 Å². The normalized spacial score (nSPS) is 15.8. The molecule has 1 N–H and O–H groups in total.